The Bertz CT molecular complexity index is 724. The predicted octanol–water partition coefficient (Wildman–Crippen LogP) is 3.44. The molecule has 118 valence electrons. The second kappa shape index (κ2) is 7.45. The van der Waals surface area contributed by atoms with E-state index in [9.17, 15) is 0 Å². The fourth-order valence-corrected chi connectivity index (χ4v) is 2.16. The van der Waals surface area contributed by atoms with Gasteiger partial charge in [0.05, 0.1) is 7.11 Å². The highest BCUT2D eigenvalue weighted by molar-refractivity contribution is 5.31. The first-order valence-corrected chi connectivity index (χ1v) is 7.45. The molecule has 5 nitrogen and oxygen atoms in total. The van der Waals surface area contributed by atoms with Gasteiger partial charge in [-0.3, -0.25) is 0 Å². The summed E-state index contributed by atoms with van der Waals surface area (Å²) in [6, 6.07) is 17.6. The molecule has 0 saturated heterocycles. The molecule has 0 fully saturated rings. The Hall–Kier alpha value is -2.82. The largest absolute Gasteiger partial charge is 0.497 e. The van der Waals surface area contributed by atoms with E-state index < -0.39 is 0 Å². The van der Waals surface area contributed by atoms with E-state index in [0.717, 1.165) is 24.3 Å². The molecule has 0 radical (unpaired) electrons. The summed E-state index contributed by atoms with van der Waals surface area (Å²) in [6.07, 6.45) is 1.60. The van der Waals surface area contributed by atoms with Crippen LogP contribution in [0.4, 0.5) is 0 Å². The normalized spacial score (nSPS) is 10.5. The van der Waals surface area contributed by atoms with E-state index in [1.54, 1.807) is 7.11 Å². The maximum Gasteiger partial charge on any atom is 0.253 e. The van der Waals surface area contributed by atoms with Gasteiger partial charge in [0, 0.05) is 6.42 Å². The minimum atomic E-state index is 0.255. The Morgan fingerprint density at radius 3 is 2.26 bits per heavy atom. The van der Waals surface area contributed by atoms with Crippen LogP contribution in [0, 0.1) is 0 Å². The van der Waals surface area contributed by atoms with Crippen molar-refractivity contribution in [1.82, 2.24) is 10.2 Å². The van der Waals surface area contributed by atoms with Gasteiger partial charge in [-0.05, 0) is 36.2 Å². The first-order valence-electron chi connectivity index (χ1n) is 7.45. The molecule has 0 aliphatic carbocycles. The van der Waals surface area contributed by atoms with Gasteiger partial charge in [0.2, 0.25) is 5.89 Å². The lowest BCUT2D eigenvalue weighted by Crippen LogP contribution is -1.95. The second-order valence-electron chi connectivity index (χ2n) is 5.04. The smallest absolute Gasteiger partial charge is 0.253 e. The van der Waals surface area contributed by atoms with Crippen molar-refractivity contribution in [3.05, 3.63) is 71.9 Å². The summed E-state index contributed by atoms with van der Waals surface area (Å²) in [4.78, 5) is 0. The van der Waals surface area contributed by atoms with Crippen molar-refractivity contribution in [1.29, 1.82) is 0 Å². The number of methoxy groups -OCH3 is 1. The van der Waals surface area contributed by atoms with E-state index in [2.05, 4.69) is 22.3 Å². The topological polar surface area (TPSA) is 57.4 Å². The van der Waals surface area contributed by atoms with Crippen LogP contribution < -0.4 is 9.47 Å². The zero-order valence-electron chi connectivity index (χ0n) is 12.9. The van der Waals surface area contributed by atoms with Crippen LogP contribution in [0.25, 0.3) is 0 Å². The molecule has 0 aliphatic rings. The summed E-state index contributed by atoms with van der Waals surface area (Å²) in [5, 5.41) is 8.07. The van der Waals surface area contributed by atoms with E-state index >= 15 is 0 Å². The molecular weight excluding hydrogens is 292 g/mol. The molecule has 5 heteroatoms. The van der Waals surface area contributed by atoms with Gasteiger partial charge in [-0.25, -0.2) is 0 Å². The van der Waals surface area contributed by atoms with Gasteiger partial charge in [-0.1, -0.05) is 30.3 Å². The number of rotatable bonds is 7. The Morgan fingerprint density at radius 2 is 1.52 bits per heavy atom. The Morgan fingerprint density at radius 1 is 0.826 bits per heavy atom. The summed E-state index contributed by atoms with van der Waals surface area (Å²) >= 11 is 0. The number of benzene rings is 2. The molecule has 3 rings (SSSR count). The van der Waals surface area contributed by atoms with Gasteiger partial charge in [0.1, 0.15) is 11.5 Å². The van der Waals surface area contributed by atoms with Crippen LogP contribution >= 0.6 is 0 Å². The third-order valence-corrected chi connectivity index (χ3v) is 3.40. The maximum absolute atomic E-state index is 5.62. The van der Waals surface area contributed by atoms with Crippen molar-refractivity contribution in [2.45, 2.75) is 19.4 Å². The average Bonchev–Trinajstić information content (AvgIpc) is 3.07. The fourth-order valence-electron chi connectivity index (χ4n) is 2.16. The lowest BCUT2D eigenvalue weighted by Gasteiger charge is -2.04. The number of hydrogen-bond acceptors (Lipinski definition) is 5. The van der Waals surface area contributed by atoms with E-state index in [0.29, 0.717) is 11.8 Å². The molecule has 0 atom stereocenters. The fraction of sp³-hybridized carbons (Fsp3) is 0.222. The van der Waals surface area contributed by atoms with Gasteiger partial charge in [-0.15, -0.1) is 10.2 Å². The molecule has 2 aromatic carbocycles. The number of hydrogen-bond donors (Lipinski definition) is 0. The molecule has 0 aliphatic heterocycles. The van der Waals surface area contributed by atoms with Crippen molar-refractivity contribution in [3.8, 4) is 11.5 Å². The number of aromatic nitrogens is 2. The number of aryl methyl sites for hydroxylation is 2. The highest BCUT2D eigenvalue weighted by atomic mass is 16.5. The molecule has 3 aromatic rings. The van der Waals surface area contributed by atoms with Gasteiger partial charge < -0.3 is 13.9 Å². The molecule has 0 saturated carbocycles. The van der Waals surface area contributed by atoms with E-state index in [1.165, 1.54) is 5.56 Å². The molecule has 0 N–H and O–H groups in total. The van der Waals surface area contributed by atoms with Crippen molar-refractivity contribution in [2.75, 3.05) is 7.11 Å². The quantitative estimate of drug-likeness (QED) is 0.669. The monoisotopic (exact) mass is 310 g/mol. The third-order valence-electron chi connectivity index (χ3n) is 3.40. The van der Waals surface area contributed by atoms with E-state index in [1.807, 2.05) is 42.5 Å². The molecule has 0 unspecified atom stereocenters. The zero-order valence-corrected chi connectivity index (χ0v) is 12.9. The molecule has 23 heavy (non-hydrogen) atoms. The summed E-state index contributed by atoms with van der Waals surface area (Å²) in [7, 11) is 1.63. The van der Waals surface area contributed by atoms with Crippen molar-refractivity contribution in [3.63, 3.8) is 0 Å². The standard InChI is InChI=1S/C18H18N2O3/c1-21-15-8-10-16(11-9-15)22-13-18-20-19-17(23-18)12-7-14-5-3-2-4-6-14/h2-6,8-11H,7,12-13H2,1H3. The highest BCUT2D eigenvalue weighted by Gasteiger charge is 2.07. The highest BCUT2D eigenvalue weighted by Crippen LogP contribution is 2.18. The molecule has 1 heterocycles. The van der Waals surface area contributed by atoms with Crippen LogP contribution in [-0.2, 0) is 19.4 Å². The lowest BCUT2D eigenvalue weighted by molar-refractivity contribution is 0.258. The number of ether oxygens (including phenoxy) is 2. The average molecular weight is 310 g/mol. The summed E-state index contributed by atoms with van der Waals surface area (Å²) in [6.45, 7) is 0.255. The third kappa shape index (κ3) is 4.32. The van der Waals surface area contributed by atoms with Crippen LogP contribution in [0.2, 0.25) is 0 Å². The Labute approximate surface area is 134 Å². The first kappa shape index (κ1) is 15.1. The Kier molecular flexibility index (Phi) is 4.88. The van der Waals surface area contributed by atoms with Crippen molar-refractivity contribution >= 4 is 0 Å². The molecule has 0 amide bonds. The summed E-state index contributed by atoms with van der Waals surface area (Å²) in [5.41, 5.74) is 1.25. The van der Waals surface area contributed by atoms with Gasteiger partial charge >= 0.3 is 0 Å². The molecule has 1 aromatic heterocycles. The van der Waals surface area contributed by atoms with Crippen molar-refractivity contribution in [2.24, 2.45) is 0 Å². The Balaban J connectivity index is 1.50. The van der Waals surface area contributed by atoms with E-state index in [-0.39, 0.29) is 6.61 Å². The minimum absolute atomic E-state index is 0.255. The maximum atomic E-state index is 5.62. The van der Waals surface area contributed by atoms with Crippen LogP contribution in [0.15, 0.2) is 59.0 Å². The zero-order chi connectivity index (χ0) is 15.9. The second-order valence-corrected chi connectivity index (χ2v) is 5.04. The van der Waals surface area contributed by atoms with Gasteiger partial charge in [0.15, 0.2) is 6.61 Å². The van der Waals surface area contributed by atoms with Crippen molar-refractivity contribution < 1.29 is 13.9 Å². The van der Waals surface area contributed by atoms with Gasteiger partial charge in [0.25, 0.3) is 5.89 Å². The molecule has 0 spiro atoms. The van der Waals surface area contributed by atoms with Crippen LogP contribution in [0.1, 0.15) is 17.3 Å². The van der Waals surface area contributed by atoms with Crippen LogP contribution in [0.3, 0.4) is 0 Å². The summed E-state index contributed by atoms with van der Waals surface area (Å²) in [5.74, 6) is 2.62. The van der Waals surface area contributed by atoms with E-state index in [4.69, 9.17) is 13.9 Å². The number of nitrogens with zero attached hydrogens (tertiary/aromatic N) is 2. The molecular formula is C18H18N2O3. The molecule has 0 bridgehead atoms. The van der Waals surface area contributed by atoms with Crippen LogP contribution in [-0.4, -0.2) is 17.3 Å². The van der Waals surface area contributed by atoms with Crippen LogP contribution in [0.5, 0.6) is 11.5 Å². The SMILES string of the molecule is COc1ccc(OCc2nnc(CCc3ccccc3)o2)cc1. The first-order chi connectivity index (χ1) is 11.3. The predicted molar refractivity (Wildman–Crippen MR) is 85.5 cm³/mol. The minimum Gasteiger partial charge on any atom is -0.497 e. The lowest BCUT2D eigenvalue weighted by atomic mass is 10.1. The van der Waals surface area contributed by atoms with Gasteiger partial charge in [-0.2, -0.15) is 0 Å². The summed E-state index contributed by atoms with van der Waals surface area (Å²) < 4.78 is 16.3.